The third kappa shape index (κ3) is 6.56. The minimum absolute atomic E-state index is 0.221. The predicted molar refractivity (Wildman–Crippen MR) is 101 cm³/mol. The van der Waals surface area contributed by atoms with E-state index in [0.717, 1.165) is 18.3 Å². The SMILES string of the molecule is CCCCCC(C)C(C)CCC(C)c1ccc(S(=O)(=O)OC)cc1. The van der Waals surface area contributed by atoms with Crippen LogP contribution >= 0.6 is 0 Å². The third-order valence-electron chi connectivity index (χ3n) is 5.25. The van der Waals surface area contributed by atoms with Crippen molar-refractivity contribution in [3.05, 3.63) is 29.8 Å². The summed E-state index contributed by atoms with van der Waals surface area (Å²) in [7, 11) is -2.40. The van der Waals surface area contributed by atoms with Crippen molar-refractivity contribution >= 4 is 10.1 Å². The van der Waals surface area contributed by atoms with Crippen LogP contribution in [0, 0.1) is 11.8 Å². The Morgan fingerprint density at radius 3 is 2.04 bits per heavy atom. The topological polar surface area (TPSA) is 43.4 Å². The highest BCUT2D eigenvalue weighted by Crippen LogP contribution is 2.28. The van der Waals surface area contributed by atoms with Gasteiger partial charge in [0.15, 0.2) is 0 Å². The normalized spacial score (nSPS) is 15.9. The van der Waals surface area contributed by atoms with Crippen molar-refractivity contribution in [2.45, 2.75) is 77.0 Å². The molecule has 3 nitrogen and oxygen atoms in total. The third-order valence-corrected chi connectivity index (χ3v) is 6.54. The number of hydrogen-bond donors (Lipinski definition) is 0. The number of unbranched alkanes of at least 4 members (excludes halogenated alkanes) is 2. The first-order valence-corrected chi connectivity index (χ1v) is 10.6. The minimum Gasteiger partial charge on any atom is -0.270 e. The van der Waals surface area contributed by atoms with Gasteiger partial charge < -0.3 is 0 Å². The van der Waals surface area contributed by atoms with E-state index in [9.17, 15) is 8.42 Å². The molecule has 24 heavy (non-hydrogen) atoms. The molecule has 3 unspecified atom stereocenters. The van der Waals surface area contributed by atoms with Gasteiger partial charge in [-0.2, -0.15) is 8.42 Å². The molecule has 0 aliphatic heterocycles. The standard InChI is InChI=1S/C20H34O3S/c1-6-7-8-9-16(2)17(3)10-11-18(4)19-12-14-20(15-13-19)24(21,22)23-5/h12-18H,6-11H2,1-5H3. The largest absolute Gasteiger partial charge is 0.296 e. The van der Waals surface area contributed by atoms with E-state index >= 15 is 0 Å². The Bertz CT molecular complexity index is 563. The van der Waals surface area contributed by atoms with Crippen LogP contribution in [-0.4, -0.2) is 15.5 Å². The molecule has 0 aliphatic carbocycles. The zero-order valence-corrected chi connectivity index (χ0v) is 16.7. The summed E-state index contributed by atoms with van der Waals surface area (Å²) < 4.78 is 27.9. The van der Waals surface area contributed by atoms with Crippen molar-refractivity contribution in [2.75, 3.05) is 7.11 Å². The molecular weight excluding hydrogens is 320 g/mol. The van der Waals surface area contributed by atoms with Crippen LogP contribution in [0.25, 0.3) is 0 Å². The molecule has 1 rings (SSSR count). The maximum atomic E-state index is 11.7. The van der Waals surface area contributed by atoms with Gasteiger partial charge in [0.1, 0.15) is 0 Å². The summed E-state index contributed by atoms with van der Waals surface area (Å²) in [5.74, 6) is 1.95. The molecule has 4 heteroatoms. The molecule has 0 spiro atoms. The van der Waals surface area contributed by atoms with Gasteiger partial charge in [0.2, 0.25) is 0 Å². The molecule has 0 aliphatic rings. The summed E-state index contributed by atoms with van der Waals surface area (Å²) in [4.78, 5) is 0.221. The van der Waals surface area contributed by atoms with Crippen molar-refractivity contribution in [3.8, 4) is 0 Å². The van der Waals surface area contributed by atoms with E-state index < -0.39 is 10.1 Å². The van der Waals surface area contributed by atoms with Gasteiger partial charge in [-0.15, -0.1) is 0 Å². The van der Waals surface area contributed by atoms with E-state index in [-0.39, 0.29) is 4.90 Å². The lowest BCUT2D eigenvalue weighted by molar-refractivity contribution is 0.321. The van der Waals surface area contributed by atoms with Crippen molar-refractivity contribution < 1.29 is 12.6 Å². The molecular formula is C20H34O3S. The van der Waals surface area contributed by atoms with Gasteiger partial charge in [-0.1, -0.05) is 65.5 Å². The quantitative estimate of drug-likeness (QED) is 0.375. The molecule has 0 saturated carbocycles. The predicted octanol–water partition coefficient (Wildman–Crippen LogP) is 5.76. The molecule has 0 N–H and O–H groups in total. The van der Waals surface area contributed by atoms with E-state index in [2.05, 4.69) is 31.9 Å². The lowest BCUT2D eigenvalue weighted by Crippen LogP contribution is -2.09. The molecule has 0 heterocycles. The van der Waals surface area contributed by atoms with Crippen molar-refractivity contribution in [2.24, 2.45) is 11.8 Å². The summed E-state index contributed by atoms with van der Waals surface area (Å²) in [6.45, 7) is 9.19. The van der Waals surface area contributed by atoms with E-state index in [0.29, 0.717) is 5.92 Å². The fourth-order valence-electron chi connectivity index (χ4n) is 3.02. The number of benzene rings is 1. The Morgan fingerprint density at radius 1 is 0.917 bits per heavy atom. The van der Waals surface area contributed by atoms with Gasteiger partial charge in [0, 0.05) is 0 Å². The number of rotatable bonds is 11. The molecule has 3 atom stereocenters. The van der Waals surface area contributed by atoms with Gasteiger partial charge in [0.25, 0.3) is 10.1 Å². The summed E-state index contributed by atoms with van der Waals surface area (Å²) >= 11 is 0. The fraction of sp³-hybridized carbons (Fsp3) is 0.700. The molecule has 1 aromatic rings. The summed E-state index contributed by atoms with van der Waals surface area (Å²) in [6, 6.07) is 7.10. The average Bonchev–Trinajstić information content (AvgIpc) is 2.59. The molecule has 1 aromatic carbocycles. The Morgan fingerprint density at radius 2 is 1.50 bits per heavy atom. The first-order valence-electron chi connectivity index (χ1n) is 9.22. The second kappa shape index (κ2) is 10.2. The van der Waals surface area contributed by atoms with Gasteiger partial charge in [-0.05, 0) is 48.3 Å². The van der Waals surface area contributed by atoms with Crippen molar-refractivity contribution in [3.63, 3.8) is 0 Å². The van der Waals surface area contributed by atoms with E-state index in [1.165, 1.54) is 44.8 Å². The van der Waals surface area contributed by atoms with Gasteiger partial charge >= 0.3 is 0 Å². The first kappa shape index (κ1) is 21.2. The van der Waals surface area contributed by atoms with Crippen LogP contribution < -0.4 is 0 Å². The number of hydrogen-bond acceptors (Lipinski definition) is 3. The summed E-state index contributed by atoms with van der Waals surface area (Å²) in [5.41, 5.74) is 1.19. The van der Waals surface area contributed by atoms with Crippen LogP contribution in [0.5, 0.6) is 0 Å². The molecule has 0 aromatic heterocycles. The van der Waals surface area contributed by atoms with Crippen LogP contribution in [-0.2, 0) is 14.3 Å². The van der Waals surface area contributed by atoms with E-state index in [1.807, 2.05) is 12.1 Å². The molecule has 138 valence electrons. The lowest BCUT2D eigenvalue weighted by atomic mass is 9.84. The highest BCUT2D eigenvalue weighted by molar-refractivity contribution is 7.86. The summed E-state index contributed by atoms with van der Waals surface area (Å²) in [5, 5.41) is 0. The van der Waals surface area contributed by atoms with E-state index in [4.69, 9.17) is 0 Å². The van der Waals surface area contributed by atoms with Crippen LogP contribution in [0.15, 0.2) is 29.2 Å². The zero-order chi connectivity index (χ0) is 18.2. The first-order chi connectivity index (χ1) is 11.3. The highest BCUT2D eigenvalue weighted by atomic mass is 32.2. The molecule has 0 fully saturated rings. The maximum Gasteiger partial charge on any atom is 0.296 e. The van der Waals surface area contributed by atoms with Gasteiger partial charge in [-0.3, -0.25) is 4.18 Å². The molecule has 0 amide bonds. The lowest BCUT2D eigenvalue weighted by Gasteiger charge is -2.22. The highest BCUT2D eigenvalue weighted by Gasteiger charge is 2.16. The monoisotopic (exact) mass is 354 g/mol. The smallest absolute Gasteiger partial charge is 0.270 e. The average molecular weight is 355 g/mol. The van der Waals surface area contributed by atoms with Crippen LogP contribution in [0.3, 0.4) is 0 Å². The maximum absolute atomic E-state index is 11.7. The summed E-state index contributed by atoms with van der Waals surface area (Å²) in [6.07, 6.45) is 7.64. The van der Waals surface area contributed by atoms with E-state index in [1.54, 1.807) is 12.1 Å². The Balaban J connectivity index is 2.51. The van der Waals surface area contributed by atoms with Crippen LogP contribution in [0.4, 0.5) is 0 Å². The van der Waals surface area contributed by atoms with Crippen LogP contribution in [0.1, 0.15) is 77.7 Å². The fourth-order valence-corrected chi connectivity index (χ4v) is 3.69. The van der Waals surface area contributed by atoms with Gasteiger partial charge in [-0.25, -0.2) is 0 Å². The Hall–Kier alpha value is -0.870. The Labute approximate surface area is 148 Å². The molecule has 0 saturated heterocycles. The van der Waals surface area contributed by atoms with Gasteiger partial charge in [0.05, 0.1) is 12.0 Å². The second-order valence-electron chi connectivity index (χ2n) is 7.12. The zero-order valence-electron chi connectivity index (χ0n) is 15.9. The Kier molecular flexibility index (Phi) is 8.99. The minimum atomic E-state index is -3.59. The van der Waals surface area contributed by atoms with Crippen molar-refractivity contribution in [1.29, 1.82) is 0 Å². The second-order valence-corrected chi connectivity index (χ2v) is 8.83. The molecule has 0 bridgehead atoms. The van der Waals surface area contributed by atoms with Crippen LogP contribution in [0.2, 0.25) is 0 Å². The van der Waals surface area contributed by atoms with Crippen molar-refractivity contribution in [1.82, 2.24) is 0 Å². The molecule has 0 radical (unpaired) electrons.